The average molecular weight is 189 g/mol. The lowest BCUT2D eigenvalue weighted by atomic mass is 10.4. The van der Waals surface area contributed by atoms with Crippen LogP contribution in [0.5, 0.6) is 0 Å². The molecule has 1 aliphatic heterocycles. The van der Waals surface area contributed by atoms with E-state index in [2.05, 4.69) is 4.90 Å². The summed E-state index contributed by atoms with van der Waals surface area (Å²) in [6.45, 7) is 4.20. The quantitative estimate of drug-likeness (QED) is 0.635. The van der Waals surface area contributed by atoms with Crippen molar-refractivity contribution in [3.63, 3.8) is 0 Å². The van der Waals surface area contributed by atoms with Crippen molar-refractivity contribution in [3.8, 4) is 0 Å². The van der Waals surface area contributed by atoms with Crippen LogP contribution in [0.2, 0.25) is 0 Å². The van der Waals surface area contributed by atoms with Crippen LogP contribution in [0.1, 0.15) is 19.3 Å². The predicted octanol–water partition coefficient (Wildman–Crippen LogP) is 1.20. The Labute approximate surface area is 79.3 Å². The Morgan fingerprint density at radius 1 is 1.17 bits per heavy atom. The second-order valence-electron chi connectivity index (χ2n) is 3.24. The summed E-state index contributed by atoms with van der Waals surface area (Å²) in [5.74, 6) is 2.35. The number of hydrogen-bond acceptors (Lipinski definition) is 3. The second kappa shape index (κ2) is 6.75. The van der Waals surface area contributed by atoms with Gasteiger partial charge in [-0.1, -0.05) is 0 Å². The van der Waals surface area contributed by atoms with Crippen LogP contribution in [-0.2, 0) is 0 Å². The maximum absolute atomic E-state index is 8.55. The molecule has 0 unspecified atom stereocenters. The fourth-order valence-corrected chi connectivity index (χ4v) is 2.39. The Kier molecular flexibility index (Phi) is 5.82. The van der Waals surface area contributed by atoms with E-state index >= 15 is 0 Å². The minimum absolute atomic E-state index is 0.344. The number of thioether (sulfide) groups is 1. The molecular weight excluding hydrogens is 170 g/mol. The molecule has 1 N–H and O–H groups in total. The van der Waals surface area contributed by atoms with Crippen molar-refractivity contribution in [1.29, 1.82) is 0 Å². The van der Waals surface area contributed by atoms with E-state index < -0.39 is 0 Å². The molecule has 0 aromatic rings. The van der Waals surface area contributed by atoms with Gasteiger partial charge in [-0.25, -0.2) is 0 Å². The van der Waals surface area contributed by atoms with E-state index in [4.69, 9.17) is 5.11 Å². The zero-order valence-electron chi connectivity index (χ0n) is 7.67. The van der Waals surface area contributed by atoms with Crippen molar-refractivity contribution in [2.24, 2.45) is 0 Å². The van der Waals surface area contributed by atoms with Gasteiger partial charge in [-0.2, -0.15) is 11.8 Å². The molecule has 1 heterocycles. The van der Waals surface area contributed by atoms with E-state index in [-0.39, 0.29) is 0 Å². The Balaban J connectivity index is 1.81. The normalized spacial score (nSPS) is 18.8. The molecule has 3 heteroatoms. The molecule has 0 atom stereocenters. The van der Waals surface area contributed by atoms with Gasteiger partial charge in [0.15, 0.2) is 0 Å². The van der Waals surface area contributed by atoms with Crippen LogP contribution in [0, 0.1) is 0 Å². The summed E-state index contributed by atoms with van der Waals surface area (Å²) in [6.07, 6.45) is 3.73. The summed E-state index contributed by atoms with van der Waals surface area (Å²) >= 11 is 1.96. The molecule has 72 valence electrons. The first kappa shape index (κ1) is 10.4. The van der Waals surface area contributed by atoms with E-state index in [1.807, 2.05) is 11.8 Å². The van der Waals surface area contributed by atoms with Gasteiger partial charge >= 0.3 is 0 Å². The first-order chi connectivity index (χ1) is 5.93. The maximum atomic E-state index is 8.55. The highest BCUT2D eigenvalue weighted by Crippen LogP contribution is 2.09. The Morgan fingerprint density at radius 2 is 1.92 bits per heavy atom. The van der Waals surface area contributed by atoms with Crippen molar-refractivity contribution >= 4 is 11.8 Å². The number of likely N-dealkylation sites (tertiary alicyclic amines) is 1. The summed E-state index contributed by atoms with van der Waals surface area (Å²) in [5.41, 5.74) is 0. The first-order valence-corrected chi connectivity index (χ1v) is 6.00. The van der Waals surface area contributed by atoms with Crippen LogP contribution in [0.25, 0.3) is 0 Å². The Bertz CT molecular complexity index is 105. The van der Waals surface area contributed by atoms with E-state index in [0.717, 1.165) is 12.2 Å². The molecular formula is C9H19NOS. The molecule has 1 rings (SSSR count). The van der Waals surface area contributed by atoms with Crippen molar-refractivity contribution in [2.75, 3.05) is 37.7 Å². The van der Waals surface area contributed by atoms with Gasteiger partial charge in [0.2, 0.25) is 0 Å². The van der Waals surface area contributed by atoms with Gasteiger partial charge in [0.25, 0.3) is 0 Å². The molecule has 2 nitrogen and oxygen atoms in total. The number of nitrogens with zero attached hydrogens (tertiary/aromatic N) is 1. The van der Waals surface area contributed by atoms with Crippen molar-refractivity contribution in [3.05, 3.63) is 0 Å². The molecule has 0 radical (unpaired) electrons. The van der Waals surface area contributed by atoms with Crippen LogP contribution in [-0.4, -0.2) is 47.8 Å². The summed E-state index contributed by atoms with van der Waals surface area (Å²) in [4.78, 5) is 2.53. The zero-order chi connectivity index (χ0) is 8.65. The molecule has 0 bridgehead atoms. The fourth-order valence-electron chi connectivity index (χ4n) is 1.47. The van der Waals surface area contributed by atoms with Gasteiger partial charge in [-0.05, 0) is 38.1 Å². The largest absolute Gasteiger partial charge is 0.396 e. The standard InChI is InChI=1S/C9H19NOS/c11-7-3-8-12-9-6-10-4-1-2-5-10/h11H,1-9H2. The number of hydrogen-bond donors (Lipinski definition) is 1. The lowest BCUT2D eigenvalue weighted by molar-refractivity contribution is 0.296. The summed E-state index contributed by atoms with van der Waals surface area (Å²) < 4.78 is 0. The lowest BCUT2D eigenvalue weighted by Crippen LogP contribution is -2.22. The average Bonchev–Trinajstić information content (AvgIpc) is 2.57. The molecule has 0 saturated carbocycles. The zero-order valence-corrected chi connectivity index (χ0v) is 8.48. The second-order valence-corrected chi connectivity index (χ2v) is 4.46. The van der Waals surface area contributed by atoms with E-state index in [1.165, 1.54) is 38.2 Å². The summed E-state index contributed by atoms with van der Waals surface area (Å²) in [5, 5.41) is 8.55. The smallest absolute Gasteiger partial charge is 0.0438 e. The van der Waals surface area contributed by atoms with Gasteiger partial charge in [0, 0.05) is 18.9 Å². The summed E-state index contributed by atoms with van der Waals surface area (Å²) in [6, 6.07) is 0. The van der Waals surface area contributed by atoms with E-state index in [0.29, 0.717) is 6.61 Å². The highest BCUT2D eigenvalue weighted by molar-refractivity contribution is 7.99. The van der Waals surface area contributed by atoms with E-state index in [1.54, 1.807) is 0 Å². The number of rotatable bonds is 6. The minimum atomic E-state index is 0.344. The minimum Gasteiger partial charge on any atom is -0.396 e. The lowest BCUT2D eigenvalue weighted by Gasteiger charge is -2.13. The maximum Gasteiger partial charge on any atom is 0.0438 e. The molecule has 0 aliphatic carbocycles. The molecule has 0 spiro atoms. The predicted molar refractivity (Wildman–Crippen MR) is 54.7 cm³/mol. The third-order valence-corrected chi connectivity index (χ3v) is 3.25. The Morgan fingerprint density at radius 3 is 2.58 bits per heavy atom. The molecule has 1 aliphatic rings. The highest BCUT2D eigenvalue weighted by atomic mass is 32.2. The van der Waals surface area contributed by atoms with Crippen molar-refractivity contribution in [2.45, 2.75) is 19.3 Å². The summed E-state index contributed by atoms with van der Waals surface area (Å²) in [7, 11) is 0. The monoisotopic (exact) mass is 189 g/mol. The first-order valence-electron chi connectivity index (χ1n) is 4.84. The number of aliphatic hydroxyl groups is 1. The van der Waals surface area contributed by atoms with Gasteiger partial charge < -0.3 is 10.0 Å². The molecule has 0 amide bonds. The highest BCUT2D eigenvalue weighted by Gasteiger charge is 2.09. The van der Waals surface area contributed by atoms with Crippen LogP contribution in [0.15, 0.2) is 0 Å². The molecule has 0 aromatic heterocycles. The van der Waals surface area contributed by atoms with E-state index in [9.17, 15) is 0 Å². The molecule has 1 fully saturated rings. The van der Waals surface area contributed by atoms with Crippen LogP contribution in [0.3, 0.4) is 0 Å². The topological polar surface area (TPSA) is 23.5 Å². The van der Waals surface area contributed by atoms with Gasteiger partial charge in [-0.3, -0.25) is 0 Å². The van der Waals surface area contributed by atoms with Gasteiger partial charge in [-0.15, -0.1) is 0 Å². The molecule has 12 heavy (non-hydrogen) atoms. The van der Waals surface area contributed by atoms with Crippen LogP contribution in [0.4, 0.5) is 0 Å². The fraction of sp³-hybridized carbons (Fsp3) is 1.00. The third-order valence-electron chi connectivity index (χ3n) is 2.20. The molecule has 0 aromatic carbocycles. The van der Waals surface area contributed by atoms with Crippen molar-refractivity contribution in [1.82, 2.24) is 4.90 Å². The van der Waals surface area contributed by atoms with Gasteiger partial charge in [0.1, 0.15) is 0 Å². The van der Waals surface area contributed by atoms with Gasteiger partial charge in [0.05, 0.1) is 0 Å². The van der Waals surface area contributed by atoms with Crippen molar-refractivity contribution < 1.29 is 5.11 Å². The Hall–Kier alpha value is 0.270. The third kappa shape index (κ3) is 4.33. The van der Waals surface area contributed by atoms with Crippen LogP contribution < -0.4 is 0 Å². The SMILES string of the molecule is OCCCSCCN1CCCC1. The molecule has 1 saturated heterocycles. The number of aliphatic hydroxyl groups excluding tert-OH is 1. The van der Waals surface area contributed by atoms with Crippen LogP contribution >= 0.6 is 11.8 Å².